The summed E-state index contributed by atoms with van der Waals surface area (Å²) < 4.78 is 0. The number of hydrogen-bond donors (Lipinski definition) is 1. The van der Waals surface area contributed by atoms with E-state index < -0.39 is 5.60 Å². The van der Waals surface area contributed by atoms with Gasteiger partial charge >= 0.3 is 0 Å². The fraction of sp³-hybridized carbons (Fsp3) is 0.514. The molecule has 1 aromatic rings. The molecule has 2 fully saturated rings. The number of aliphatic imine (C=N–C) groups is 2. The molecule has 1 N–H and O–H groups in total. The van der Waals surface area contributed by atoms with Gasteiger partial charge < -0.3 is 5.11 Å². The molecular weight excluding hydrogens is 480 g/mol. The summed E-state index contributed by atoms with van der Waals surface area (Å²) in [6.07, 6.45) is 11.4. The Kier molecular flexibility index (Phi) is 7.18. The lowest BCUT2D eigenvalue weighted by molar-refractivity contribution is -0.114. The van der Waals surface area contributed by atoms with Crippen molar-refractivity contribution in [2.45, 2.75) is 91.1 Å². The molecule has 0 bridgehead atoms. The normalized spacial score (nSPS) is 32.7. The van der Waals surface area contributed by atoms with Gasteiger partial charge in [-0.15, -0.1) is 0 Å². The minimum atomic E-state index is -1.00. The molecule has 204 valence electrons. The van der Waals surface area contributed by atoms with Crippen LogP contribution in [0.2, 0.25) is 0 Å². The Balaban J connectivity index is 1.63. The number of aliphatic hydroxyl groups is 1. The Hall–Kier alpha value is -3.03. The molecule has 4 aliphatic carbocycles. The molecule has 0 radical (unpaired) electrons. The molecule has 0 amide bonds. The highest BCUT2D eigenvalue weighted by atomic mass is 16.3. The summed E-state index contributed by atoms with van der Waals surface area (Å²) in [6.45, 7) is 14.2. The van der Waals surface area contributed by atoms with Crippen molar-refractivity contribution in [3.8, 4) is 11.8 Å². The third-order valence-electron chi connectivity index (χ3n) is 9.66. The van der Waals surface area contributed by atoms with E-state index in [4.69, 9.17) is 0 Å². The predicted octanol–water partition coefficient (Wildman–Crippen LogP) is 7.46. The second kappa shape index (κ2) is 10.2. The number of benzene rings is 1. The summed E-state index contributed by atoms with van der Waals surface area (Å²) in [6, 6.07) is 8.65. The van der Waals surface area contributed by atoms with Crippen molar-refractivity contribution < 1.29 is 9.90 Å². The van der Waals surface area contributed by atoms with Crippen LogP contribution in [0.3, 0.4) is 0 Å². The maximum absolute atomic E-state index is 12.3. The second-order valence-electron chi connectivity index (χ2n) is 13.1. The van der Waals surface area contributed by atoms with Gasteiger partial charge in [-0.1, -0.05) is 48.6 Å². The van der Waals surface area contributed by atoms with Crippen LogP contribution in [0.4, 0.5) is 0 Å². The molecule has 39 heavy (non-hydrogen) atoms. The molecule has 0 aromatic heterocycles. The maximum Gasteiger partial charge on any atom is 0.156 e. The molecule has 5 atom stereocenters. The van der Waals surface area contributed by atoms with E-state index in [1.165, 1.54) is 22.3 Å². The first-order valence-corrected chi connectivity index (χ1v) is 14.5. The van der Waals surface area contributed by atoms with E-state index in [2.05, 4.69) is 80.5 Å². The maximum atomic E-state index is 12.3. The first-order chi connectivity index (χ1) is 18.5. The van der Waals surface area contributed by atoms with Gasteiger partial charge in [0.15, 0.2) is 5.78 Å². The van der Waals surface area contributed by atoms with Crippen molar-refractivity contribution >= 4 is 24.4 Å². The van der Waals surface area contributed by atoms with Gasteiger partial charge in [-0.2, -0.15) is 0 Å². The molecule has 1 aromatic carbocycles. The fourth-order valence-corrected chi connectivity index (χ4v) is 7.70. The topological polar surface area (TPSA) is 62.0 Å². The van der Waals surface area contributed by atoms with Gasteiger partial charge in [0.1, 0.15) is 5.60 Å². The Morgan fingerprint density at radius 3 is 2.56 bits per heavy atom. The number of carbonyl (C=O) groups is 1. The van der Waals surface area contributed by atoms with E-state index in [-0.39, 0.29) is 22.5 Å². The van der Waals surface area contributed by atoms with Crippen LogP contribution in [0.5, 0.6) is 0 Å². The highest BCUT2D eigenvalue weighted by Crippen LogP contribution is 2.66. The average Bonchev–Trinajstić information content (AvgIpc) is 3.17. The lowest BCUT2D eigenvalue weighted by atomic mass is 9.51. The average molecular weight is 523 g/mol. The number of nitrogens with zero attached hydrogens (tertiary/aromatic N) is 2. The molecule has 4 aliphatic rings. The smallest absolute Gasteiger partial charge is 0.156 e. The molecule has 5 rings (SSSR count). The van der Waals surface area contributed by atoms with Crippen molar-refractivity contribution in [1.82, 2.24) is 0 Å². The van der Waals surface area contributed by atoms with Crippen LogP contribution in [0, 0.1) is 34.5 Å². The Morgan fingerprint density at radius 1 is 1.15 bits per heavy atom. The van der Waals surface area contributed by atoms with Gasteiger partial charge in [0.25, 0.3) is 0 Å². The summed E-state index contributed by atoms with van der Waals surface area (Å²) in [5, 5.41) is 12.2. The quantitative estimate of drug-likeness (QED) is 0.330. The van der Waals surface area contributed by atoms with Crippen LogP contribution in [-0.2, 0) is 4.79 Å². The minimum Gasteiger partial charge on any atom is -0.377 e. The van der Waals surface area contributed by atoms with Crippen molar-refractivity contribution in [2.24, 2.45) is 32.7 Å². The van der Waals surface area contributed by atoms with Gasteiger partial charge in [0, 0.05) is 34.9 Å². The van der Waals surface area contributed by atoms with Crippen molar-refractivity contribution in [3.05, 3.63) is 64.4 Å². The van der Waals surface area contributed by atoms with E-state index >= 15 is 0 Å². The molecule has 0 heterocycles. The number of hydrogen-bond acceptors (Lipinski definition) is 4. The third kappa shape index (κ3) is 4.91. The Bertz CT molecular complexity index is 1360. The van der Waals surface area contributed by atoms with Gasteiger partial charge in [0.05, 0.1) is 11.9 Å². The molecule has 0 aliphatic heterocycles. The molecule has 4 nitrogen and oxygen atoms in total. The van der Waals surface area contributed by atoms with Gasteiger partial charge in [-0.05, 0) is 108 Å². The number of rotatable bonds is 4. The standard InChI is InChI=1S/C35H42N2O2/c1-7-37-22-31(36-6)24-10-8-23(9-11-24)29-21-34(5)30(16-17-35(34,39)19-18-33(2,3)4)28-14-12-25-20-26(38)13-15-27(25)32(28)29/h7-11,20,22,28-30,39H,6,12-17,21H2,1-5H3/b31-22-,37-7-/t28-,29+,30-,34-,35+/m0/s1. The van der Waals surface area contributed by atoms with Crippen LogP contribution < -0.4 is 0 Å². The van der Waals surface area contributed by atoms with E-state index in [0.717, 1.165) is 49.8 Å². The molecule has 4 heteroatoms. The SMILES string of the molecule is C=N/C(=C\N=C/C)c1ccc([C@H]2C[C@@]3(C)[C@@H](CC[C@@]3(O)C#CC(C)(C)C)[C@@H]3CCC4=CC(=O)CCC4=C32)cc1. The lowest BCUT2D eigenvalue weighted by Gasteiger charge is -2.53. The predicted molar refractivity (Wildman–Crippen MR) is 161 cm³/mol. The van der Waals surface area contributed by atoms with Crippen molar-refractivity contribution in [1.29, 1.82) is 0 Å². The van der Waals surface area contributed by atoms with Crippen LogP contribution in [0.15, 0.2) is 63.2 Å². The molecule has 0 unspecified atom stereocenters. The monoisotopic (exact) mass is 522 g/mol. The second-order valence-corrected chi connectivity index (χ2v) is 13.1. The first-order valence-electron chi connectivity index (χ1n) is 14.5. The van der Waals surface area contributed by atoms with Gasteiger partial charge in [-0.3, -0.25) is 14.8 Å². The van der Waals surface area contributed by atoms with Crippen molar-refractivity contribution in [2.75, 3.05) is 0 Å². The fourth-order valence-electron chi connectivity index (χ4n) is 7.70. The van der Waals surface area contributed by atoms with E-state index in [1.54, 1.807) is 12.4 Å². The zero-order valence-corrected chi connectivity index (χ0v) is 24.2. The van der Waals surface area contributed by atoms with Crippen LogP contribution in [0.25, 0.3) is 5.70 Å². The Labute approximate surface area is 234 Å². The highest BCUT2D eigenvalue weighted by molar-refractivity contribution is 5.93. The molecule has 0 spiro atoms. The van der Waals surface area contributed by atoms with E-state index in [0.29, 0.717) is 18.3 Å². The number of fused-ring (bicyclic) bond motifs is 4. The Morgan fingerprint density at radius 2 is 1.90 bits per heavy atom. The van der Waals surface area contributed by atoms with Gasteiger partial charge in [-0.25, -0.2) is 0 Å². The lowest BCUT2D eigenvalue weighted by Crippen LogP contribution is -2.51. The summed E-state index contributed by atoms with van der Waals surface area (Å²) in [7, 11) is 0. The summed E-state index contributed by atoms with van der Waals surface area (Å²) in [5.41, 5.74) is 5.71. The zero-order chi connectivity index (χ0) is 28.0. The van der Waals surface area contributed by atoms with E-state index in [9.17, 15) is 9.90 Å². The van der Waals surface area contributed by atoms with Crippen LogP contribution in [-0.4, -0.2) is 29.4 Å². The van der Waals surface area contributed by atoms with Crippen LogP contribution in [0.1, 0.15) is 96.6 Å². The first kappa shape index (κ1) is 27.5. The highest BCUT2D eigenvalue weighted by Gasteiger charge is 2.62. The molecular formula is C35H42N2O2. The van der Waals surface area contributed by atoms with E-state index in [1.807, 2.05) is 13.0 Å². The molecule has 2 saturated carbocycles. The van der Waals surface area contributed by atoms with Crippen molar-refractivity contribution in [3.63, 3.8) is 0 Å². The van der Waals surface area contributed by atoms with Crippen LogP contribution >= 0.6 is 0 Å². The largest absolute Gasteiger partial charge is 0.377 e. The number of ketones is 1. The third-order valence-corrected chi connectivity index (χ3v) is 9.66. The number of carbonyl (C=O) groups excluding carboxylic acids is 1. The minimum absolute atomic E-state index is 0.160. The molecule has 0 saturated heterocycles. The summed E-state index contributed by atoms with van der Waals surface area (Å²) >= 11 is 0. The number of allylic oxidation sites excluding steroid dienone is 4. The van der Waals surface area contributed by atoms with Gasteiger partial charge in [0.2, 0.25) is 0 Å². The summed E-state index contributed by atoms with van der Waals surface area (Å²) in [4.78, 5) is 20.7. The summed E-state index contributed by atoms with van der Waals surface area (Å²) in [5.74, 6) is 8.03. The zero-order valence-electron chi connectivity index (χ0n) is 24.2.